The summed E-state index contributed by atoms with van der Waals surface area (Å²) >= 11 is 0. The molecule has 0 aromatic heterocycles. The molecule has 3 nitrogen and oxygen atoms in total. The van der Waals surface area contributed by atoms with Crippen LogP contribution in [0.2, 0.25) is 0 Å². The third-order valence-corrected chi connectivity index (χ3v) is 9.25. The van der Waals surface area contributed by atoms with Crippen LogP contribution in [0.3, 0.4) is 0 Å². The van der Waals surface area contributed by atoms with E-state index in [0.717, 1.165) is 42.9 Å². The number of ether oxygens (including phenoxy) is 1. The zero-order valence-corrected chi connectivity index (χ0v) is 17.0. The maximum atomic E-state index is 12.3. The molecular weight excluding hydrogens is 324 g/mol. The monoisotopic (exact) mass is 362 g/mol. The molecule has 0 amide bonds. The van der Waals surface area contributed by atoms with E-state index in [9.17, 15) is 9.90 Å². The number of rotatable bonds is 3. The first kappa shape index (κ1) is 18.9. The summed E-state index contributed by atoms with van der Waals surface area (Å²) < 4.78 is 5.32. The second-order valence-electron chi connectivity index (χ2n) is 10.5. The minimum Gasteiger partial charge on any atom is -0.387 e. The van der Waals surface area contributed by atoms with Crippen molar-refractivity contribution >= 4 is 5.78 Å². The molecule has 0 spiro atoms. The van der Waals surface area contributed by atoms with Gasteiger partial charge in [-0.2, -0.15) is 0 Å². The van der Waals surface area contributed by atoms with Crippen LogP contribution in [0.5, 0.6) is 0 Å². The normalized spacial score (nSPS) is 51.1. The topological polar surface area (TPSA) is 46.5 Å². The maximum absolute atomic E-state index is 12.3. The smallest absolute Gasteiger partial charge is 0.133 e. The molecule has 0 unspecified atom stereocenters. The highest BCUT2D eigenvalue weighted by atomic mass is 16.5. The van der Waals surface area contributed by atoms with Crippen molar-refractivity contribution in [1.29, 1.82) is 0 Å². The van der Waals surface area contributed by atoms with E-state index in [2.05, 4.69) is 6.92 Å². The van der Waals surface area contributed by atoms with Gasteiger partial charge in [-0.1, -0.05) is 19.8 Å². The van der Waals surface area contributed by atoms with Gasteiger partial charge in [0.25, 0.3) is 0 Å². The number of aliphatic hydroxyl groups is 1. The molecule has 0 aliphatic heterocycles. The molecule has 4 fully saturated rings. The SMILES string of the molecule is COC[C@]1(O)CC[C@H]2[C@H](CCC[C@H]3[C@@H]2CC[C@]2(C)[C@@H](C(C)=O)CC[C@@H]32)C1. The van der Waals surface area contributed by atoms with Crippen molar-refractivity contribution in [3.8, 4) is 0 Å². The largest absolute Gasteiger partial charge is 0.387 e. The highest BCUT2D eigenvalue weighted by Crippen LogP contribution is 2.63. The van der Waals surface area contributed by atoms with Gasteiger partial charge in [0.15, 0.2) is 0 Å². The fourth-order valence-electron chi connectivity index (χ4n) is 8.24. The Morgan fingerprint density at radius 2 is 1.81 bits per heavy atom. The highest BCUT2D eigenvalue weighted by molar-refractivity contribution is 5.79. The van der Waals surface area contributed by atoms with Gasteiger partial charge < -0.3 is 9.84 Å². The van der Waals surface area contributed by atoms with Crippen LogP contribution in [-0.2, 0) is 9.53 Å². The minimum absolute atomic E-state index is 0.262. The Bertz CT molecular complexity index is 546. The number of methoxy groups -OCH3 is 1. The predicted octanol–water partition coefficient (Wildman–Crippen LogP) is 4.61. The molecule has 4 rings (SSSR count). The van der Waals surface area contributed by atoms with Gasteiger partial charge in [0.1, 0.15) is 5.78 Å². The Balaban J connectivity index is 1.54. The molecule has 4 saturated carbocycles. The molecule has 0 saturated heterocycles. The summed E-state index contributed by atoms with van der Waals surface area (Å²) in [6, 6.07) is 0. The molecule has 4 aliphatic rings. The van der Waals surface area contributed by atoms with Crippen LogP contribution >= 0.6 is 0 Å². The van der Waals surface area contributed by atoms with Crippen LogP contribution in [0.1, 0.15) is 78.1 Å². The average molecular weight is 363 g/mol. The Labute approximate surface area is 159 Å². The van der Waals surface area contributed by atoms with E-state index in [1.165, 1.54) is 44.9 Å². The lowest BCUT2D eigenvalue weighted by atomic mass is 9.53. The molecule has 8 atom stereocenters. The first-order valence-electron chi connectivity index (χ1n) is 11.1. The predicted molar refractivity (Wildman–Crippen MR) is 103 cm³/mol. The molecule has 0 bridgehead atoms. The van der Waals surface area contributed by atoms with E-state index >= 15 is 0 Å². The first-order valence-corrected chi connectivity index (χ1v) is 11.1. The molecule has 0 radical (unpaired) electrons. The van der Waals surface area contributed by atoms with E-state index in [0.29, 0.717) is 24.2 Å². The van der Waals surface area contributed by atoms with Gasteiger partial charge in [-0.15, -0.1) is 0 Å². The number of ketones is 1. The van der Waals surface area contributed by atoms with Crippen molar-refractivity contribution in [3.05, 3.63) is 0 Å². The zero-order chi connectivity index (χ0) is 18.5. The van der Waals surface area contributed by atoms with Gasteiger partial charge in [0.2, 0.25) is 0 Å². The maximum Gasteiger partial charge on any atom is 0.133 e. The molecule has 148 valence electrons. The third kappa shape index (κ3) is 2.98. The lowest BCUT2D eigenvalue weighted by molar-refractivity contribution is -0.128. The van der Waals surface area contributed by atoms with Crippen molar-refractivity contribution < 1.29 is 14.6 Å². The van der Waals surface area contributed by atoms with Gasteiger partial charge in [-0.25, -0.2) is 0 Å². The van der Waals surface area contributed by atoms with Gasteiger partial charge in [-0.05, 0) is 93.3 Å². The van der Waals surface area contributed by atoms with Gasteiger partial charge in [-0.3, -0.25) is 4.79 Å². The van der Waals surface area contributed by atoms with Gasteiger partial charge in [0.05, 0.1) is 12.2 Å². The van der Waals surface area contributed by atoms with Crippen LogP contribution in [0, 0.1) is 40.9 Å². The number of Topliss-reactive ketones (excluding diaryl/α,β-unsaturated/α-hetero) is 1. The number of hydrogen-bond donors (Lipinski definition) is 1. The zero-order valence-electron chi connectivity index (χ0n) is 17.0. The van der Waals surface area contributed by atoms with Crippen molar-refractivity contribution in [2.75, 3.05) is 13.7 Å². The fraction of sp³-hybridized carbons (Fsp3) is 0.957. The quantitative estimate of drug-likeness (QED) is 0.797. The van der Waals surface area contributed by atoms with Gasteiger partial charge >= 0.3 is 0 Å². The second-order valence-corrected chi connectivity index (χ2v) is 10.5. The highest BCUT2D eigenvalue weighted by Gasteiger charge is 2.57. The number of hydrogen-bond acceptors (Lipinski definition) is 3. The van der Waals surface area contributed by atoms with E-state index in [1.54, 1.807) is 7.11 Å². The number of carbonyl (C=O) groups excluding carboxylic acids is 1. The standard InChI is InChI=1S/C23H38O3/c1-15(24)20-7-8-21-19-6-4-5-16-13-23(25,14-26-3)12-10-17(16)18(19)9-11-22(20,21)2/h16-21,25H,4-14H2,1-3H3/t16-,17+,18-,19+,20-,21+,22-,23+/m1/s1. The van der Waals surface area contributed by atoms with Gasteiger partial charge in [0, 0.05) is 13.0 Å². The van der Waals surface area contributed by atoms with Crippen LogP contribution in [0.15, 0.2) is 0 Å². The van der Waals surface area contributed by atoms with Crippen molar-refractivity contribution in [3.63, 3.8) is 0 Å². The van der Waals surface area contributed by atoms with Crippen molar-refractivity contribution in [2.24, 2.45) is 40.9 Å². The summed E-state index contributed by atoms with van der Waals surface area (Å²) in [5.41, 5.74) is -0.329. The summed E-state index contributed by atoms with van der Waals surface area (Å²) in [5.74, 6) is 4.62. The van der Waals surface area contributed by atoms with Crippen molar-refractivity contribution in [1.82, 2.24) is 0 Å². The van der Waals surface area contributed by atoms with Crippen LogP contribution in [0.4, 0.5) is 0 Å². The van der Waals surface area contributed by atoms with E-state index in [1.807, 2.05) is 6.92 Å². The molecule has 1 N–H and O–H groups in total. The summed E-state index contributed by atoms with van der Waals surface area (Å²) in [4.78, 5) is 12.3. The Morgan fingerprint density at radius 3 is 2.54 bits per heavy atom. The molecule has 26 heavy (non-hydrogen) atoms. The Kier molecular flexibility index (Phi) is 5.01. The van der Waals surface area contributed by atoms with E-state index in [4.69, 9.17) is 4.74 Å². The fourth-order valence-corrected chi connectivity index (χ4v) is 8.24. The molecular formula is C23H38O3. The summed E-state index contributed by atoms with van der Waals surface area (Å²) in [5, 5.41) is 10.9. The summed E-state index contributed by atoms with van der Waals surface area (Å²) in [6.07, 6.45) is 11.9. The van der Waals surface area contributed by atoms with Crippen LogP contribution in [0.25, 0.3) is 0 Å². The third-order valence-electron chi connectivity index (χ3n) is 9.25. The van der Waals surface area contributed by atoms with Crippen molar-refractivity contribution in [2.45, 2.75) is 83.7 Å². The Hall–Kier alpha value is -0.410. The minimum atomic E-state index is -0.591. The van der Waals surface area contributed by atoms with E-state index in [-0.39, 0.29) is 5.41 Å². The molecule has 3 heteroatoms. The van der Waals surface area contributed by atoms with Crippen LogP contribution in [-0.4, -0.2) is 30.2 Å². The molecule has 0 aromatic carbocycles. The van der Waals surface area contributed by atoms with E-state index < -0.39 is 5.60 Å². The second kappa shape index (κ2) is 6.88. The average Bonchev–Trinajstić information content (AvgIpc) is 2.83. The van der Waals surface area contributed by atoms with Crippen LogP contribution < -0.4 is 0 Å². The first-order chi connectivity index (χ1) is 12.4. The number of carbonyl (C=O) groups is 1. The number of fused-ring (bicyclic) bond motifs is 5. The summed E-state index contributed by atoms with van der Waals surface area (Å²) in [7, 11) is 1.71. The molecule has 0 heterocycles. The lowest BCUT2D eigenvalue weighted by Crippen LogP contribution is -2.48. The lowest BCUT2D eigenvalue weighted by Gasteiger charge is -2.52. The Morgan fingerprint density at radius 1 is 1.04 bits per heavy atom. The molecule has 4 aliphatic carbocycles. The molecule has 0 aromatic rings. The summed E-state index contributed by atoms with van der Waals surface area (Å²) in [6.45, 7) is 4.75.